The molecule has 0 saturated heterocycles. The van der Waals surface area contributed by atoms with Crippen LogP contribution in [-0.2, 0) is 0 Å². The number of hydrogen-bond acceptors (Lipinski definition) is 8. The number of benzene rings is 2. The molecule has 0 aromatic heterocycles. The fourth-order valence-electron chi connectivity index (χ4n) is 4.61. The van der Waals surface area contributed by atoms with Crippen LogP contribution in [0.4, 0.5) is 0 Å². The summed E-state index contributed by atoms with van der Waals surface area (Å²) in [5.41, 5.74) is 0.500. The van der Waals surface area contributed by atoms with Crippen molar-refractivity contribution in [3.63, 3.8) is 0 Å². The topological polar surface area (TPSA) is 158 Å². The Kier molecular flexibility index (Phi) is 4.50. The smallest absolute Gasteiger partial charge is 0.255 e. The zero-order valence-corrected chi connectivity index (χ0v) is 16.1. The standard InChI is InChI=1S/C21H20N2O8/c24-15-12-9(6-10-19(15)31-7-30-10)11-13(22-20(28)8-4-2-1-3-5-8)16(25)18(27)17(26)14(11)23-21(12)29/h1-6,11,13-14,16-18,24-27H,7H2,(H,22,28)(H,23,29)/t11-,13+,14+,16-,17-,18+/m0/s1. The van der Waals surface area contributed by atoms with E-state index in [9.17, 15) is 30.0 Å². The van der Waals surface area contributed by atoms with E-state index >= 15 is 0 Å². The van der Waals surface area contributed by atoms with Crippen LogP contribution in [0.25, 0.3) is 0 Å². The number of nitrogens with one attached hydrogen (secondary N) is 2. The molecule has 1 fully saturated rings. The summed E-state index contributed by atoms with van der Waals surface area (Å²) in [4.78, 5) is 25.5. The van der Waals surface area contributed by atoms with E-state index in [-0.39, 0.29) is 29.4 Å². The normalized spacial score (nSPS) is 30.7. The van der Waals surface area contributed by atoms with Gasteiger partial charge in [-0.05, 0) is 23.8 Å². The van der Waals surface area contributed by atoms with Gasteiger partial charge in [0.25, 0.3) is 11.8 Å². The average Bonchev–Trinajstić information content (AvgIpc) is 3.25. The van der Waals surface area contributed by atoms with E-state index in [4.69, 9.17) is 9.47 Å². The molecule has 0 radical (unpaired) electrons. The monoisotopic (exact) mass is 428 g/mol. The second-order valence-corrected chi connectivity index (χ2v) is 7.79. The number of aliphatic hydroxyl groups excluding tert-OH is 3. The number of hydrogen-bond donors (Lipinski definition) is 6. The molecule has 6 atom stereocenters. The molecule has 10 heteroatoms. The number of carbonyl (C=O) groups excluding carboxylic acids is 2. The number of phenolic OH excluding ortho intramolecular Hbond substituents is 1. The lowest BCUT2D eigenvalue weighted by atomic mass is 9.68. The van der Waals surface area contributed by atoms with Gasteiger partial charge in [-0.3, -0.25) is 9.59 Å². The maximum absolute atomic E-state index is 12.8. The SMILES string of the molecule is O=C(N[C@H]1[C@H](O)[C@@H](O)[C@@H](O)[C@@H]2NC(=O)c3c(cc4c(c3O)OCO4)[C@@H]12)c1ccccc1. The highest BCUT2D eigenvalue weighted by atomic mass is 16.7. The summed E-state index contributed by atoms with van der Waals surface area (Å²) in [6, 6.07) is 7.68. The Morgan fingerprint density at radius 1 is 1.06 bits per heavy atom. The van der Waals surface area contributed by atoms with Crippen molar-refractivity contribution in [1.82, 2.24) is 10.6 Å². The molecule has 5 rings (SSSR count). The highest BCUT2D eigenvalue weighted by molar-refractivity contribution is 6.02. The van der Waals surface area contributed by atoms with Crippen LogP contribution in [0.15, 0.2) is 36.4 Å². The molecule has 2 aromatic rings. The molecule has 1 aliphatic carbocycles. The highest BCUT2D eigenvalue weighted by Crippen LogP contribution is 2.50. The van der Waals surface area contributed by atoms with Gasteiger partial charge in [0.15, 0.2) is 11.5 Å². The molecule has 0 spiro atoms. The molecular formula is C21H20N2O8. The zero-order valence-electron chi connectivity index (χ0n) is 16.1. The van der Waals surface area contributed by atoms with E-state index in [1.165, 1.54) is 6.07 Å². The largest absolute Gasteiger partial charge is 0.504 e. The van der Waals surface area contributed by atoms with Gasteiger partial charge < -0.3 is 40.5 Å². The minimum Gasteiger partial charge on any atom is -0.504 e. The molecule has 3 aliphatic rings. The van der Waals surface area contributed by atoms with Crippen molar-refractivity contribution < 1.29 is 39.5 Å². The first kappa shape index (κ1) is 19.6. The van der Waals surface area contributed by atoms with E-state index < -0.39 is 53.9 Å². The summed E-state index contributed by atoms with van der Waals surface area (Å²) in [6.07, 6.45) is -4.67. The second-order valence-electron chi connectivity index (χ2n) is 7.79. The van der Waals surface area contributed by atoms with E-state index in [1.807, 2.05) is 0 Å². The molecule has 0 bridgehead atoms. The highest BCUT2D eigenvalue weighted by Gasteiger charge is 2.54. The molecule has 31 heavy (non-hydrogen) atoms. The first-order chi connectivity index (χ1) is 14.9. The fourth-order valence-corrected chi connectivity index (χ4v) is 4.61. The van der Waals surface area contributed by atoms with Crippen LogP contribution in [0.2, 0.25) is 0 Å². The first-order valence-electron chi connectivity index (χ1n) is 9.75. The Morgan fingerprint density at radius 2 is 1.81 bits per heavy atom. The maximum Gasteiger partial charge on any atom is 0.255 e. The van der Waals surface area contributed by atoms with Crippen molar-refractivity contribution >= 4 is 11.8 Å². The van der Waals surface area contributed by atoms with E-state index in [0.717, 1.165) is 0 Å². The summed E-state index contributed by atoms with van der Waals surface area (Å²) in [6.45, 7) is -0.139. The van der Waals surface area contributed by atoms with Gasteiger partial charge in [-0.1, -0.05) is 18.2 Å². The Bertz CT molecular complexity index is 1060. The summed E-state index contributed by atoms with van der Waals surface area (Å²) >= 11 is 0. The molecule has 0 unspecified atom stereocenters. The number of amides is 2. The number of rotatable bonds is 2. The van der Waals surface area contributed by atoms with Gasteiger partial charge in [-0.25, -0.2) is 0 Å². The average molecular weight is 428 g/mol. The molecule has 6 N–H and O–H groups in total. The van der Waals surface area contributed by atoms with Gasteiger partial charge in [-0.15, -0.1) is 0 Å². The van der Waals surface area contributed by atoms with E-state index in [1.54, 1.807) is 30.3 Å². The number of fused-ring (bicyclic) bond motifs is 4. The lowest BCUT2D eigenvalue weighted by Crippen LogP contribution is -2.69. The van der Waals surface area contributed by atoms with Crippen molar-refractivity contribution in [3.05, 3.63) is 53.1 Å². The predicted octanol–water partition coefficient (Wildman–Crippen LogP) is -0.789. The number of ether oxygens (including phenoxy) is 2. The summed E-state index contributed by atoms with van der Waals surface area (Å²) in [5, 5.41) is 47.6. The number of carbonyl (C=O) groups is 2. The lowest BCUT2D eigenvalue weighted by Gasteiger charge is -2.49. The molecule has 2 heterocycles. The molecule has 2 aromatic carbocycles. The third-order valence-electron chi connectivity index (χ3n) is 6.10. The molecule has 2 aliphatic heterocycles. The van der Waals surface area contributed by atoms with Crippen molar-refractivity contribution in [2.24, 2.45) is 0 Å². The van der Waals surface area contributed by atoms with Crippen LogP contribution < -0.4 is 20.1 Å². The summed E-state index contributed by atoms with van der Waals surface area (Å²) in [5.74, 6) is -2.25. The van der Waals surface area contributed by atoms with Crippen LogP contribution >= 0.6 is 0 Å². The molecule has 10 nitrogen and oxygen atoms in total. The van der Waals surface area contributed by atoms with Crippen LogP contribution in [0.3, 0.4) is 0 Å². The Morgan fingerprint density at radius 3 is 2.55 bits per heavy atom. The molecular weight excluding hydrogens is 408 g/mol. The van der Waals surface area contributed by atoms with Gasteiger partial charge in [0, 0.05) is 11.5 Å². The minimum absolute atomic E-state index is 0.0224. The third-order valence-corrected chi connectivity index (χ3v) is 6.10. The van der Waals surface area contributed by atoms with Crippen molar-refractivity contribution in [2.45, 2.75) is 36.3 Å². The summed E-state index contributed by atoms with van der Waals surface area (Å²) < 4.78 is 10.6. The van der Waals surface area contributed by atoms with Gasteiger partial charge >= 0.3 is 0 Å². The summed E-state index contributed by atoms with van der Waals surface area (Å²) in [7, 11) is 0. The fraction of sp³-hybridized carbons (Fsp3) is 0.333. The Labute approximate surface area is 176 Å². The number of aromatic hydroxyl groups is 1. The molecule has 162 valence electrons. The van der Waals surface area contributed by atoms with Crippen LogP contribution in [0.5, 0.6) is 17.2 Å². The van der Waals surface area contributed by atoms with Crippen LogP contribution in [-0.4, -0.2) is 69.4 Å². The van der Waals surface area contributed by atoms with Crippen molar-refractivity contribution in [3.8, 4) is 17.2 Å². The molecule has 2 amide bonds. The Hall–Kier alpha value is -3.34. The number of aliphatic hydroxyl groups is 3. The first-order valence-corrected chi connectivity index (χ1v) is 9.75. The van der Waals surface area contributed by atoms with Crippen LogP contribution in [0.1, 0.15) is 32.2 Å². The maximum atomic E-state index is 12.8. The second kappa shape index (κ2) is 7.12. The Balaban J connectivity index is 1.61. The number of phenols is 1. The van der Waals surface area contributed by atoms with E-state index in [2.05, 4.69) is 10.6 Å². The third kappa shape index (κ3) is 2.91. The van der Waals surface area contributed by atoms with Gasteiger partial charge in [-0.2, -0.15) is 0 Å². The van der Waals surface area contributed by atoms with Crippen molar-refractivity contribution in [2.75, 3.05) is 6.79 Å². The van der Waals surface area contributed by atoms with Gasteiger partial charge in [0.1, 0.15) is 18.3 Å². The lowest BCUT2D eigenvalue weighted by molar-refractivity contribution is -0.117. The van der Waals surface area contributed by atoms with Gasteiger partial charge in [0.2, 0.25) is 12.5 Å². The van der Waals surface area contributed by atoms with E-state index in [0.29, 0.717) is 5.56 Å². The predicted molar refractivity (Wildman–Crippen MR) is 104 cm³/mol. The van der Waals surface area contributed by atoms with Gasteiger partial charge in [0.05, 0.1) is 17.6 Å². The zero-order chi connectivity index (χ0) is 21.9. The minimum atomic E-state index is -1.62. The quantitative estimate of drug-likeness (QED) is 0.363. The van der Waals surface area contributed by atoms with Crippen LogP contribution in [0, 0.1) is 0 Å². The van der Waals surface area contributed by atoms with Crippen molar-refractivity contribution in [1.29, 1.82) is 0 Å². The molecule has 1 saturated carbocycles.